The first-order chi connectivity index (χ1) is 8.81. The summed E-state index contributed by atoms with van der Waals surface area (Å²) in [6.45, 7) is 4.10. The van der Waals surface area contributed by atoms with Crippen molar-refractivity contribution < 1.29 is 4.79 Å². The van der Waals surface area contributed by atoms with Crippen molar-refractivity contribution in [1.29, 1.82) is 0 Å². The van der Waals surface area contributed by atoms with E-state index in [0.29, 0.717) is 19.5 Å². The number of hydrogen-bond donors (Lipinski definition) is 3. The van der Waals surface area contributed by atoms with Crippen LogP contribution in [0.25, 0.3) is 10.9 Å². The van der Waals surface area contributed by atoms with Crippen molar-refractivity contribution in [3.05, 3.63) is 36.0 Å². The van der Waals surface area contributed by atoms with Crippen molar-refractivity contribution in [1.82, 2.24) is 15.6 Å². The van der Waals surface area contributed by atoms with Gasteiger partial charge in [0.1, 0.15) is 0 Å². The van der Waals surface area contributed by atoms with E-state index < -0.39 is 0 Å². The number of rotatable bonds is 6. The summed E-state index contributed by atoms with van der Waals surface area (Å²) in [5, 5.41) is 7.31. The summed E-state index contributed by atoms with van der Waals surface area (Å²) >= 11 is 0. The van der Waals surface area contributed by atoms with Crippen LogP contribution in [0.1, 0.15) is 18.9 Å². The van der Waals surface area contributed by atoms with E-state index in [2.05, 4.69) is 27.8 Å². The molecule has 96 valence electrons. The normalized spacial score (nSPS) is 10.7. The average molecular weight is 245 g/mol. The van der Waals surface area contributed by atoms with Crippen LogP contribution in [0.15, 0.2) is 30.5 Å². The third-order valence-corrected chi connectivity index (χ3v) is 2.89. The fourth-order valence-corrected chi connectivity index (χ4v) is 1.99. The summed E-state index contributed by atoms with van der Waals surface area (Å²) in [5.41, 5.74) is 2.39. The molecule has 2 aromatic rings. The van der Waals surface area contributed by atoms with Crippen LogP contribution in [0.5, 0.6) is 0 Å². The Labute approximate surface area is 107 Å². The number of H-pyrrole nitrogens is 1. The highest BCUT2D eigenvalue weighted by Gasteiger charge is 2.03. The smallest absolute Gasteiger partial charge is 0.221 e. The van der Waals surface area contributed by atoms with Gasteiger partial charge in [-0.3, -0.25) is 4.79 Å². The molecule has 0 saturated heterocycles. The minimum absolute atomic E-state index is 0.101. The predicted octanol–water partition coefficient (Wildman–Crippen LogP) is 1.78. The number of nitrogens with one attached hydrogen (secondary N) is 3. The number of carbonyl (C=O) groups is 1. The monoisotopic (exact) mass is 245 g/mol. The van der Waals surface area contributed by atoms with Crippen LogP contribution in [0, 0.1) is 0 Å². The van der Waals surface area contributed by atoms with Crippen molar-refractivity contribution in [2.45, 2.75) is 19.9 Å². The van der Waals surface area contributed by atoms with Gasteiger partial charge in [-0.1, -0.05) is 18.2 Å². The fourth-order valence-electron chi connectivity index (χ4n) is 1.99. The van der Waals surface area contributed by atoms with E-state index in [0.717, 1.165) is 12.1 Å². The Balaban J connectivity index is 1.82. The molecule has 0 fully saturated rings. The lowest BCUT2D eigenvalue weighted by Gasteiger charge is -2.04. The Morgan fingerprint density at radius 2 is 2.17 bits per heavy atom. The quantitative estimate of drug-likeness (QED) is 0.679. The van der Waals surface area contributed by atoms with Crippen LogP contribution in [-0.4, -0.2) is 24.0 Å². The maximum Gasteiger partial charge on any atom is 0.221 e. The average Bonchev–Trinajstić information content (AvgIpc) is 2.78. The Kier molecular flexibility index (Phi) is 4.36. The molecule has 1 aromatic heterocycles. The highest BCUT2D eigenvalue weighted by atomic mass is 16.1. The largest absolute Gasteiger partial charge is 0.361 e. The number of benzene rings is 1. The van der Waals surface area contributed by atoms with Crippen molar-refractivity contribution in [2.24, 2.45) is 0 Å². The second kappa shape index (κ2) is 6.21. The van der Waals surface area contributed by atoms with E-state index in [4.69, 9.17) is 0 Å². The van der Waals surface area contributed by atoms with Gasteiger partial charge in [0.15, 0.2) is 0 Å². The van der Waals surface area contributed by atoms with Crippen molar-refractivity contribution in [3.8, 4) is 0 Å². The molecule has 2 rings (SSSR count). The topological polar surface area (TPSA) is 56.9 Å². The second-order valence-corrected chi connectivity index (χ2v) is 4.24. The number of aromatic nitrogens is 1. The van der Waals surface area contributed by atoms with Crippen molar-refractivity contribution in [2.75, 3.05) is 13.1 Å². The van der Waals surface area contributed by atoms with Gasteiger partial charge < -0.3 is 15.6 Å². The van der Waals surface area contributed by atoms with E-state index >= 15 is 0 Å². The first-order valence-corrected chi connectivity index (χ1v) is 6.33. The molecule has 1 aromatic carbocycles. The molecule has 3 N–H and O–H groups in total. The third kappa shape index (κ3) is 3.11. The van der Waals surface area contributed by atoms with Gasteiger partial charge in [-0.15, -0.1) is 0 Å². The summed E-state index contributed by atoms with van der Waals surface area (Å²) in [4.78, 5) is 14.5. The van der Waals surface area contributed by atoms with Gasteiger partial charge in [0.25, 0.3) is 0 Å². The standard InChI is InChI=1S/C14H19N3O/c1-2-16-14(18)7-8-15-9-11-10-17-13-6-4-3-5-12(11)13/h3-6,10,15,17H,2,7-9H2,1H3,(H,16,18). The van der Waals surface area contributed by atoms with E-state index in [1.807, 2.05) is 25.3 Å². The molecule has 1 amide bonds. The number of para-hydroxylation sites is 1. The lowest BCUT2D eigenvalue weighted by Crippen LogP contribution is -2.27. The lowest BCUT2D eigenvalue weighted by atomic mass is 10.2. The van der Waals surface area contributed by atoms with E-state index in [-0.39, 0.29) is 5.91 Å². The zero-order valence-electron chi connectivity index (χ0n) is 10.6. The molecule has 4 heteroatoms. The summed E-state index contributed by atoms with van der Waals surface area (Å²) < 4.78 is 0. The Morgan fingerprint density at radius 1 is 1.33 bits per heavy atom. The van der Waals surface area contributed by atoms with Crippen LogP contribution in [0.4, 0.5) is 0 Å². The van der Waals surface area contributed by atoms with Crippen molar-refractivity contribution >= 4 is 16.8 Å². The molecular formula is C14H19N3O. The van der Waals surface area contributed by atoms with Crippen LogP contribution in [0.2, 0.25) is 0 Å². The van der Waals surface area contributed by atoms with Gasteiger partial charge in [-0.2, -0.15) is 0 Å². The third-order valence-electron chi connectivity index (χ3n) is 2.89. The first-order valence-electron chi connectivity index (χ1n) is 6.33. The SMILES string of the molecule is CCNC(=O)CCNCc1c[nH]c2ccccc12. The van der Waals surface area contributed by atoms with Gasteiger partial charge in [0.05, 0.1) is 0 Å². The molecule has 0 aliphatic heterocycles. The van der Waals surface area contributed by atoms with E-state index in [1.54, 1.807) is 0 Å². The molecular weight excluding hydrogens is 226 g/mol. The Bertz CT molecular complexity index is 518. The molecule has 0 spiro atoms. The minimum Gasteiger partial charge on any atom is -0.361 e. The van der Waals surface area contributed by atoms with Gasteiger partial charge in [-0.05, 0) is 18.6 Å². The second-order valence-electron chi connectivity index (χ2n) is 4.24. The summed E-state index contributed by atoms with van der Waals surface area (Å²) in [7, 11) is 0. The molecule has 18 heavy (non-hydrogen) atoms. The molecule has 0 bridgehead atoms. The first kappa shape index (κ1) is 12.6. The van der Waals surface area contributed by atoms with Crippen LogP contribution in [-0.2, 0) is 11.3 Å². The summed E-state index contributed by atoms with van der Waals surface area (Å²) in [6, 6.07) is 8.22. The van der Waals surface area contributed by atoms with Gasteiger partial charge in [0.2, 0.25) is 5.91 Å². The lowest BCUT2D eigenvalue weighted by molar-refractivity contribution is -0.120. The zero-order chi connectivity index (χ0) is 12.8. The van der Waals surface area contributed by atoms with Crippen LogP contribution >= 0.6 is 0 Å². The molecule has 0 unspecified atom stereocenters. The van der Waals surface area contributed by atoms with E-state index in [1.165, 1.54) is 10.9 Å². The Hall–Kier alpha value is -1.81. The van der Waals surface area contributed by atoms with Crippen molar-refractivity contribution in [3.63, 3.8) is 0 Å². The Morgan fingerprint density at radius 3 is 3.00 bits per heavy atom. The number of aromatic amines is 1. The molecule has 0 aliphatic carbocycles. The molecule has 0 atom stereocenters. The highest BCUT2D eigenvalue weighted by molar-refractivity contribution is 5.83. The molecule has 0 radical (unpaired) electrons. The number of carbonyl (C=O) groups excluding carboxylic acids is 1. The number of fused-ring (bicyclic) bond motifs is 1. The van der Waals surface area contributed by atoms with Gasteiger partial charge in [0, 0.05) is 43.2 Å². The van der Waals surface area contributed by atoms with Gasteiger partial charge in [-0.25, -0.2) is 0 Å². The summed E-state index contributed by atoms with van der Waals surface area (Å²) in [5.74, 6) is 0.101. The summed E-state index contributed by atoms with van der Waals surface area (Å²) in [6.07, 6.45) is 2.54. The predicted molar refractivity (Wildman–Crippen MR) is 73.3 cm³/mol. The molecule has 0 aliphatic rings. The zero-order valence-corrected chi connectivity index (χ0v) is 10.6. The van der Waals surface area contributed by atoms with Crippen LogP contribution < -0.4 is 10.6 Å². The molecule has 4 nitrogen and oxygen atoms in total. The minimum atomic E-state index is 0.101. The number of amides is 1. The van der Waals surface area contributed by atoms with E-state index in [9.17, 15) is 4.79 Å². The fraction of sp³-hybridized carbons (Fsp3) is 0.357. The molecule has 0 saturated carbocycles. The van der Waals surface area contributed by atoms with Gasteiger partial charge >= 0.3 is 0 Å². The number of hydrogen-bond acceptors (Lipinski definition) is 2. The molecule has 1 heterocycles. The van der Waals surface area contributed by atoms with Crippen LogP contribution in [0.3, 0.4) is 0 Å². The maximum atomic E-state index is 11.3. The maximum absolute atomic E-state index is 11.3. The highest BCUT2D eigenvalue weighted by Crippen LogP contribution is 2.16.